The monoisotopic (exact) mass is 411 g/mol. The van der Waals surface area contributed by atoms with Crippen LogP contribution >= 0.6 is 31.9 Å². The molecule has 2 unspecified atom stereocenters. The maximum atomic E-state index is 6.16. The number of hydrogen-bond donors (Lipinski definition) is 1. The Kier molecular flexibility index (Phi) is 5.47. The molecule has 2 rings (SSSR count). The van der Waals surface area contributed by atoms with Crippen molar-refractivity contribution in [2.75, 3.05) is 0 Å². The van der Waals surface area contributed by atoms with Gasteiger partial charge < -0.3 is 10.5 Å². The fraction of sp³-hybridized carbons (Fsp3) is 0.294. The molecule has 2 N–H and O–H groups in total. The number of halogens is 2. The van der Waals surface area contributed by atoms with Crippen LogP contribution < -0.4 is 10.5 Å². The van der Waals surface area contributed by atoms with Crippen molar-refractivity contribution in [2.45, 2.75) is 32.9 Å². The molecule has 4 heteroatoms. The lowest BCUT2D eigenvalue weighted by molar-refractivity contribution is 0.180. The summed E-state index contributed by atoms with van der Waals surface area (Å²) in [6.45, 7) is 6.08. The Morgan fingerprint density at radius 2 is 1.52 bits per heavy atom. The van der Waals surface area contributed by atoms with E-state index >= 15 is 0 Å². The van der Waals surface area contributed by atoms with E-state index in [1.54, 1.807) is 0 Å². The first-order valence-electron chi connectivity index (χ1n) is 6.83. The van der Waals surface area contributed by atoms with E-state index in [2.05, 4.69) is 45.7 Å². The van der Waals surface area contributed by atoms with Gasteiger partial charge in [-0.1, -0.05) is 44.0 Å². The molecule has 2 aromatic rings. The zero-order valence-electron chi connectivity index (χ0n) is 12.4. The quantitative estimate of drug-likeness (QED) is 0.739. The minimum absolute atomic E-state index is 0.101. The fourth-order valence-corrected chi connectivity index (χ4v) is 2.75. The summed E-state index contributed by atoms with van der Waals surface area (Å²) in [7, 11) is 0. The van der Waals surface area contributed by atoms with E-state index in [9.17, 15) is 0 Å². The van der Waals surface area contributed by atoms with Crippen LogP contribution in [-0.4, -0.2) is 6.04 Å². The maximum absolute atomic E-state index is 6.16. The van der Waals surface area contributed by atoms with E-state index in [0.29, 0.717) is 0 Å². The zero-order chi connectivity index (χ0) is 15.6. The third-order valence-corrected chi connectivity index (χ3v) is 5.13. The van der Waals surface area contributed by atoms with Crippen molar-refractivity contribution in [2.24, 2.45) is 5.73 Å². The first-order chi connectivity index (χ1) is 9.88. The smallest absolute Gasteiger partial charge is 0.138 e. The molecule has 0 aromatic heterocycles. The van der Waals surface area contributed by atoms with Crippen molar-refractivity contribution in [3.05, 3.63) is 62.0 Å². The van der Waals surface area contributed by atoms with Crippen LogP contribution in [0.1, 0.15) is 29.7 Å². The van der Waals surface area contributed by atoms with Crippen molar-refractivity contribution >= 4 is 31.9 Å². The van der Waals surface area contributed by atoms with Gasteiger partial charge in [-0.3, -0.25) is 0 Å². The van der Waals surface area contributed by atoms with Gasteiger partial charge in [-0.2, -0.15) is 0 Å². The number of hydrogen-bond acceptors (Lipinski definition) is 2. The Balaban J connectivity index is 2.30. The maximum Gasteiger partial charge on any atom is 0.138 e. The minimum atomic E-state index is -0.168. The second-order valence-electron chi connectivity index (χ2n) is 5.32. The van der Waals surface area contributed by atoms with E-state index in [1.165, 1.54) is 0 Å². The molecule has 0 bridgehead atoms. The second kappa shape index (κ2) is 6.95. The van der Waals surface area contributed by atoms with E-state index in [0.717, 1.165) is 31.4 Å². The van der Waals surface area contributed by atoms with Gasteiger partial charge >= 0.3 is 0 Å². The van der Waals surface area contributed by atoms with Crippen molar-refractivity contribution in [3.8, 4) is 5.75 Å². The SMILES string of the molecule is Cc1cc(OC(c2ccc(Br)cc2)C(C)N)cc(C)c1Br. The number of benzene rings is 2. The summed E-state index contributed by atoms with van der Waals surface area (Å²) >= 11 is 7.02. The molecule has 0 radical (unpaired) electrons. The van der Waals surface area contributed by atoms with Crippen LogP contribution in [0.5, 0.6) is 5.75 Å². The van der Waals surface area contributed by atoms with E-state index in [4.69, 9.17) is 10.5 Å². The average molecular weight is 413 g/mol. The summed E-state index contributed by atoms with van der Waals surface area (Å²) in [5, 5.41) is 0. The van der Waals surface area contributed by atoms with Crippen LogP contribution in [-0.2, 0) is 0 Å². The van der Waals surface area contributed by atoms with Crippen LogP contribution in [0.3, 0.4) is 0 Å². The summed E-state index contributed by atoms with van der Waals surface area (Å²) < 4.78 is 8.32. The lowest BCUT2D eigenvalue weighted by atomic mass is 10.0. The summed E-state index contributed by atoms with van der Waals surface area (Å²) in [5.41, 5.74) is 9.50. The van der Waals surface area contributed by atoms with Crippen LogP contribution in [0.15, 0.2) is 45.3 Å². The van der Waals surface area contributed by atoms with Gasteiger partial charge in [0.2, 0.25) is 0 Å². The fourth-order valence-electron chi connectivity index (χ4n) is 2.25. The third kappa shape index (κ3) is 4.09. The van der Waals surface area contributed by atoms with Crippen molar-refractivity contribution in [1.82, 2.24) is 0 Å². The molecular weight excluding hydrogens is 394 g/mol. The molecule has 2 aromatic carbocycles. The molecule has 0 saturated carbocycles. The molecule has 0 aliphatic rings. The number of nitrogens with two attached hydrogens (primary N) is 1. The van der Waals surface area contributed by atoms with Crippen LogP contribution in [0.2, 0.25) is 0 Å². The molecular formula is C17H19Br2NO. The molecule has 0 fully saturated rings. The summed E-state index contributed by atoms with van der Waals surface area (Å²) in [4.78, 5) is 0. The molecule has 0 heterocycles. The average Bonchev–Trinajstić information content (AvgIpc) is 2.43. The molecule has 0 aliphatic heterocycles. The highest BCUT2D eigenvalue weighted by atomic mass is 79.9. The predicted octanol–water partition coefficient (Wildman–Crippen LogP) is 5.30. The largest absolute Gasteiger partial charge is 0.484 e. The standard InChI is InChI=1S/C17H19Br2NO/c1-10-8-15(9-11(2)16(10)19)21-17(12(3)20)13-4-6-14(18)7-5-13/h4-9,12,17H,20H2,1-3H3. The molecule has 0 amide bonds. The van der Waals surface area contributed by atoms with Crippen LogP contribution in [0.25, 0.3) is 0 Å². The topological polar surface area (TPSA) is 35.2 Å². The second-order valence-corrected chi connectivity index (χ2v) is 7.03. The molecule has 0 saturated heterocycles. The van der Waals surface area contributed by atoms with Gasteiger partial charge in [0.1, 0.15) is 11.9 Å². The highest BCUT2D eigenvalue weighted by Gasteiger charge is 2.19. The van der Waals surface area contributed by atoms with Gasteiger partial charge in [0, 0.05) is 15.0 Å². The summed E-state index contributed by atoms with van der Waals surface area (Å²) in [6.07, 6.45) is -0.168. The lowest BCUT2D eigenvalue weighted by Gasteiger charge is -2.24. The van der Waals surface area contributed by atoms with E-state index < -0.39 is 0 Å². The lowest BCUT2D eigenvalue weighted by Crippen LogP contribution is -2.29. The van der Waals surface area contributed by atoms with E-state index in [-0.39, 0.29) is 12.1 Å². The first kappa shape index (κ1) is 16.5. The number of ether oxygens (including phenoxy) is 1. The Hall–Kier alpha value is -0.840. The Bertz CT molecular complexity index is 600. The van der Waals surface area contributed by atoms with E-state index in [1.807, 2.05) is 43.3 Å². The van der Waals surface area contributed by atoms with Crippen molar-refractivity contribution < 1.29 is 4.74 Å². The van der Waals surface area contributed by atoms with Gasteiger partial charge in [-0.15, -0.1) is 0 Å². The molecule has 21 heavy (non-hydrogen) atoms. The van der Waals surface area contributed by atoms with Gasteiger partial charge in [-0.25, -0.2) is 0 Å². The summed E-state index contributed by atoms with van der Waals surface area (Å²) in [6, 6.07) is 12.1. The highest BCUT2D eigenvalue weighted by Crippen LogP contribution is 2.30. The predicted molar refractivity (Wildman–Crippen MR) is 94.8 cm³/mol. The first-order valence-corrected chi connectivity index (χ1v) is 8.41. The minimum Gasteiger partial charge on any atom is -0.484 e. The summed E-state index contributed by atoms with van der Waals surface area (Å²) in [5.74, 6) is 0.846. The van der Waals surface area contributed by atoms with Gasteiger partial charge in [0.15, 0.2) is 0 Å². The van der Waals surface area contributed by atoms with Gasteiger partial charge in [0.25, 0.3) is 0 Å². The molecule has 0 spiro atoms. The van der Waals surface area contributed by atoms with Crippen molar-refractivity contribution in [1.29, 1.82) is 0 Å². The zero-order valence-corrected chi connectivity index (χ0v) is 15.5. The Morgan fingerprint density at radius 1 is 1.00 bits per heavy atom. The number of aryl methyl sites for hydroxylation is 2. The molecule has 2 nitrogen and oxygen atoms in total. The molecule has 0 aliphatic carbocycles. The van der Waals surface area contributed by atoms with Crippen molar-refractivity contribution in [3.63, 3.8) is 0 Å². The molecule has 2 atom stereocenters. The Morgan fingerprint density at radius 3 is 2.00 bits per heavy atom. The third-order valence-electron chi connectivity index (χ3n) is 3.35. The molecule has 112 valence electrons. The number of rotatable bonds is 4. The van der Waals surface area contributed by atoms with Gasteiger partial charge in [0.05, 0.1) is 0 Å². The van der Waals surface area contributed by atoms with Crippen LogP contribution in [0.4, 0.5) is 0 Å². The Labute approximate surface area is 143 Å². The highest BCUT2D eigenvalue weighted by molar-refractivity contribution is 9.10. The van der Waals surface area contributed by atoms with Gasteiger partial charge in [-0.05, 0) is 61.7 Å². The van der Waals surface area contributed by atoms with Crippen LogP contribution in [0, 0.1) is 13.8 Å². The normalized spacial score (nSPS) is 13.8.